The predicted octanol–water partition coefficient (Wildman–Crippen LogP) is 4.52. The van der Waals surface area contributed by atoms with E-state index < -0.39 is 12.3 Å². The minimum atomic E-state index is -4.77. The summed E-state index contributed by atoms with van der Waals surface area (Å²) in [5.74, 6) is -0.978. The van der Waals surface area contributed by atoms with Crippen molar-refractivity contribution in [2.24, 2.45) is 7.05 Å². The second-order valence-electron chi connectivity index (χ2n) is 5.82. The van der Waals surface area contributed by atoms with Crippen LogP contribution in [0, 0.1) is 0 Å². The second-order valence-corrected chi connectivity index (χ2v) is 6.86. The third-order valence-corrected chi connectivity index (χ3v) is 4.89. The number of alkyl halides is 3. The van der Waals surface area contributed by atoms with Gasteiger partial charge in [0.05, 0.1) is 26.8 Å². The van der Waals surface area contributed by atoms with E-state index in [1.165, 1.54) is 41.7 Å². The number of halogens is 3. The zero-order chi connectivity index (χ0) is 20.1. The fraction of sp³-hybridized carbons (Fsp3) is 0.118. The average molecular weight is 408 g/mol. The number of carbonyl (C=O) groups is 1. The molecule has 0 amide bonds. The van der Waals surface area contributed by atoms with Crippen LogP contribution >= 0.6 is 11.3 Å². The van der Waals surface area contributed by atoms with E-state index in [-0.39, 0.29) is 11.3 Å². The third kappa shape index (κ3) is 3.43. The van der Waals surface area contributed by atoms with Gasteiger partial charge in [-0.1, -0.05) is 11.3 Å². The molecular weight excluding hydrogens is 397 g/mol. The van der Waals surface area contributed by atoms with Crippen molar-refractivity contribution < 1.29 is 27.8 Å². The van der Waals surface area contributed by atoms with Crippen LogP contribution in [0.1, 0.15) is 10.4 Å². The first-order chi connectivity index (χ1) is 13.2. The number of imidazole rings is 1. The maximum atomic E-state index is 12.4. The van der Waals surface area contributed by atoms with E-state index >= 15 is 0 Å². The van der Waals surface area contributed by atoms with Gasteiger partial charge in [0.25, 0.3) is 0 Å². The van der Waals surface area contributed by atoms with Crippen molar-refractivity contribution in [3.63, 3.8) is 0 Å². The highest BCUT2D eigenvalue weighted by Crippen LogP contribution is 2.33. The summed E-state index contributed by atoms with van der Waals surface area (Å²) in [6.07, 6.45) is -4.77. The molecule has 0 aliphatic rings. The quantitative estimate of drug-likeness (QED) is 0.516. The molecule has 0 saturated heterocycles. The Kier molecular flexibility index (Phi) is 4.11. The lowest BCUT2D eigenvalue weighted by Crippen LogP contribution is -2.16. The molecule has 2 aromatic carbocycles. The smallest absolute Gasteiger partial charge is 0.478 e. The summed E-state index contributed by atoms with van der Waals surface area (Å²) in [6, 6.07) is 8.51. The SMILES string of the molecule is Cn1c(Nc2nc3cc(OC(F)(F)F)ccc3s2)nc2cc(C(=O)O)ccc21. The molecule has 0 aliphatic heterocycles. The van der Waals surface area contributed by atoms with Crippen molar-refractivity contribution in [1.29, 1.82) is 0 Å². The lowest BCUT2D eigenvalue weighted by atomic mass is 10.2. The summed E-state index contributed by atoms with van der Waals surface area (Å²) in [5.41, 5.74) is 1.68. The minimum Gasteiger partial charge on any atom is -0.478 e. The molecule has 4 aromatic rings. The molecule has 4 rings (SSSR count). The van der Waals surface area contributed by atoms with Crippen LogP contribution in [0.4, 0.5) is 24.3 Å². The van der Waals surface area contributed by atoms with Crippen LogP contribution in [0.5, 0.6) is 5.75 Å². The molecule has 28 heavy (non-hydrogen) atoms. The van der Waals surface area contributed by atoms with Gasteiger partial charge in [-0.25, -0.2) is 14.8 Å². The van der Waals surface area contributed by atoms with Gasteiger partial charge in [0.15, 0.2) is 5.13 Å². The van der Waals surface area contributed by atoms with Gasteiger partial charge >= 0.3 is 12.3 Å². The molecule has 0 unspecified atom stereocenters. The van der Waals surface area contributed by atoms with Crippen molar-refractivity contribution in [1.82, 2.24) is 14.5 Å². The Morgan fingerprint density at radius 3 is 2.68 bits per heavy atom. The van der Waals surface area contributed by atoms with E-state index in [1.807, 2.05) is 0 Å². The van der Waals surface area contributed by atoms with E-state index in [9.17, 15) is 18.0 Å². The Bertz CT molecular complexity index is 1220. The van der Waals surface area contributed by atoms with Crippen molar-refractivity contribution in [3.8, 4) is 5.75 Å². The molecule has 0 bridgehead atoms. The Morgan fingerprint density at radius 1 is 1.18 bits per heavy atom. The predicted molar refractivity (Wildman–Crippen MR) is 97.3 cm³/mol. The number of carboxylic acids is 1. The van der Waals surface area contributed by atoms with E-state index in [4.69, 9.17) is 5.11 Å². The lowest BCUT2D eigenvalue weighted by Gasteiger charge is -2.07. The normalized spacial score (nSPS) is 11.9. The number of fused-ring (bicyclic) bond motifs is 2. The maximum Gasteiger partial charge on any atom is 0.573 e. The molecule has 7 nitrogen and oxygen atoms in total. The second kappa shape index (κ2) is 6.37. The van der Waals surface area contributed by atoms with Gasteiger partial charge < -0.3 is 19.7 Å². The van der Waals surface area contributed by atoms with E-state index in [2.05, 4.69) is 20.0 Å². The summed E-state index contributed by atoms with van der Waals surface area (Å²) in [6.45, 7) is 0. The van der Waals surface area contributed by atoms with E-state index in [0.717, 1.165) is 5.52 Å². The number of benzene rings is 2. The molecule has 144 valence electrons. The zero-order valence-corrected chi connectivity index (χ0v) is 14.9. The average Bonchev–Trinajstić information content (AvgIpc) is 3.13. The molecule has 2 N–H and O–H groups in total. The van der Waals surface area contributed by atoms with Gasteiger partial charge in [-0.05, 0) is 30.3 Å². The number of aryl methyl sites for hydroxylation is 1. The first kappa shape index (κ1) is 18.0. The standard InChI is InChI=1S/C17H11F3N4O3S/c1-24-12-4-2-8(14(25)26)6-10(12)21-15(24)23-16-22-11-7-9(27-17(18,19)20)3-5-13(11)28-16/h2-7H,1H3,(H,25,26)(H,21,22,23). The number of anilines is 2. The number of carboxylic acid groups (broad SMARTS) is 1. The lowest BCUT2D eigenvalue weighted by molar-refractivity contribution is -0.274. The first-order valence-electron chi connectivity index (χ1n) is 7.83. The summed E-state index contributed by atoms with van der Waals surface area (Å²) in [4.78, 5) is 19.7. The van der Waals surface area contributed by atoms with Crippen molar-refractivity contribution in [2.75, 3.05) is 5.32 Å². The number of hydrogen-bond acceptors (Lipinski definition) is 6. The van der Waals surface area contributed by atoms with Crippen LogP contribution < -0.4 is 10.1 Å². The van der Waals surface area contributed by atoms with E-state index in [1.54, 1.807) is 17.7 Å². The molecule has 2 heterocycles. The van der Waals surface area contributed by atoms with Crippen molar-refractivity contribution in [2.45, 2.75) is 6.36 Å². The van der Waals surface area contributed by atoms with Crippen molar-refractivity contribution >= 4 is 49.6 Å². The van der Waals surface area contributed by atoms with Gasteiger partial charge in [-0.15, -0.1) is 13.2 Å². The topological polar surface area (TPSA) is 89.3 Å². The van der Waals surface area contributed by atoms with Gasteiger partial charge in [-0.3, -0.25) is 0 Å². The molecule has 2 aromatic heterocycles. The Hall–Kier alpha value is -3.34. The molecule has 11 heteroatoms. The maximum absolute atomic E-state index is 12.4. The van der Waals surface area contributed by atoms with Gasteiger partial charge in [0.1, 0.15) is 5.75 Å². The number of ether oxygens (including phenoxy) is 1. The Morgan fingerprint density at radius 2 is 1.96 bits per heavy atom. The number of rotatable bonds is 4. The molecule has 0 atom stereocenters. The third-order valence-electron chi connectivity index (χ3n) is 3.94. The summed E-state index contributed by atoms with van der Waals surface area (Å²) in [7, 11) is 1.75. The monoisotopic (exact) mass is 408 g/mol. The zero-order valence-electron chi connectivity index (χ0n) is 14.1. The molecule has 0 saturated carbocycles. The van der Waals surface area contributed by atoms with Crippen LogP contribution in [0.2, 0.25) is 0 Å². The summed E-state index contributed by atoms with van der Waals surface area (Å²) >= 11 is 1.24. The molecule has 0 spiro atoms. The molecule has 0 radical (unpaired) electrons. The first-order valence-corrected chi connectivity index (χ1v) is 8.64. The number of nitrogens with zero attached hydrogens (tertiary/aromatic N) is 3. The Labute approximate surface area is 159 Å². The number of hydrogen-bond donors (Lipinski definition) is 2. The molecular formula is C17H11F3N4O3S. The number of aromatic nitrogens is 3. The van der Waals surface area contributed by atoms with E-state index in [0.29, 0.717) is 26.8 Å². The van der Waals surface area contributed by atoms with Crippen LogP contribution in [-0.4, -0.2) is 32.0 Å². The summed E-state index contributed by atoms with van der Waals surface area (Å²) in [5, 5.41) is 12.5. The highest BCUT2D eigenvalue weighted by atomic mass is 32.1. The molecule has 0 aliphatic carbocycles. The van der Waals surface area contributed by atoms with Crippen LogP contribution in [0.15, 0.2) is 36.4 Å². The molecule has 0 fully saturated rings. The van der Waals surface area contributed by atoms with Crippen LogP contribution in [0.3, 0.4) is 0 Å². The van der Waals surface area contributed by atoms with Gasteiger partial charge in [-0.2, -0.15) is 0 Å². The number of aromatic carboxylic acids is 1. The highest BCUT2D eigenvalue weighted by molar-refractivity contribution is 7.22. The van der Waals surface area contributed by atoms with Crippen LogP contribution in [0.25, 0.3) is 21.3 Å². The number of thiazole rings is 1. The fourth-order valence-electron chi connectivity index (χ4n) is 2.70. The van der Waals surface area contributed by atoms with Crippen LogP contribution in [-0.2, 0) is 7.05 Å². The number of nitrogens with one attached hydrogen (secondary N) is 1. The van der Waals surface area contributed by atoms with Crippen molar-refractivity contribution in [3.05, 3.63) is 42.0 Å². The fourth-order valence-corrected chi connectivity index (χ4v) is 3.54. The highest BCUT2D eigenvalue weighted by Gasteiger charge is 2.31. The minimum absolute atomic E-state index is 0.120. The largest absolute Gasteiger partial charge is 0.573 e. The van der Waals surface area contributed by atoms with Gasteiger partial charge in [0, 0.05) is 13.1 Å². The Balaban J connectivity index is 1.66. The summed E-state index contributed by atoms with van der Waals surface area (Å²) < 4.78 is 43.4. The van der Waals surface area contributed by atoms with Gasteiger partial charge in [0.2, 0.25) is 5.95 Å².